The molecule has 0 heterocycles. The molecule has 2 atom stereocenters. The van der Waals surface area contributed by atoms with Crippen LogP contribution in [-0.2, 0) is 19.1 Å². The zero-order chi connectivity index (χ0) is 35.2. The first-order chi connectivity index (χ1) is 23.6. The first kappa shape index (κ1) is 46.9. The lowest BCUT2D eigenvalue weighted by molar-refractivity contribution is -0.144. The smallest absolute Gasteiger partial charge is 0.305 e. The molecule has 48 heavy (non-hydrogen) atoms. The van der Waals surface area contributed by atoms with Gasteiger partial charge in [-0.05, 0) is 37.5 Å². The lowest BCUT2D eigenvalue weighted by Gasteiger charge is -2.28. The number of carbonyl (C=O) groups is 2. The minimum atomic E-state index is -0.00340. The summed E-state index contributed by atoms with van der Waals surface area (Å²) >= 11 is 0. The second-order valence-corrected chi connectivity index (χ2v) is 15.1. The lowest BCUT2D eigenvalue weighted by Crippen LogP contribution is -2.16. The highest BCUT2D eigenvalue weighted by molar-refractivity contribution is 5.69. The fourth-order valence-electron chi connectivity index (χ4n) is 7.18. The van der Waals surface area contributed by atoms with Gasteiger partial charge in [0.1, 0.15) is 0 Å². The number of hydrogen-bond acceptors (Lipinski definition) is 4. The summed E-state index contributed by atoms with van der Waals surface area (Å²) in [7, 11) is 0. The average Bonchev–Trinajstić information content (AvgIpc) is 3.08. The van der Waals surface area contributed by atoms with Crippen LogP contribution in [0.5, 0.6) is 0 Å². The standard InChI is InChI=1S/C44H86O4/c1-5-9-13-15-17-21-27-33-41(35-29-23-19-25-31-37-43(45)47-39-11-7-3)42(34-28-22-18-16-14-10-6-2)36-30-24-20-26-32-38-44(46)48-40-12-8-4/h41-42H,5-40H2,1-4H3. The molecule has 0 saturated carbocycles. The van der Waals surface area contributed by atoms with Gasteiger partial charge in [-0.25, -0.2) is 0 Å². The minimum absolute atomic E-state index is 0.00340. The second kappa shape index (κ2) is 38.7. The maximum atomic E-state index is 11.9. The topological polar surface area (TPSA) is 52.6 Å². The summed E-state index contributed by atoms with van der Waals surface area (Å²) in [6.07, 6.45) is 42.7. The van der Waals surface area contributed by atoms with Crippen LogP contribution in [-0.4, -0.2) is 25.2 Å². The van der Waals surface area contributed by atoms with Crippen molar-refractivity contribution in [1.29, 1.82) is 0 Å². The van der Waals surface area contributed by atoms with Gasteiger partial charge in [-0.15, -0.1) is 0 Å². The molecule has 0 fully saturated rings. The molecule has 4 heteroatoms. The van der Waals surface area contributed by atoms with E-state index in [2.05, 4.69) is 27.7 Å². The maximum Gasteiger partial charge on any atom is 0.305 e. The molecule has 0 rings (SSSR count). The Bertz CT molecular complexity index is 606. The van der Waals surface area contributed by atoms with Crippen LogP contribution in [0.2, 0.25) is 0 Å². The Kier molecular flexibility index (Phi) is 37.9. The number of rotatable bonds is 39. The van der Waals surface area contributed by atoms with Crippen LogP contribution in [0.3, 0.4) is 0 Å². The summed E-state index contributed by atoms with van der Waals surface area (Å²) in [6.45, 7) is 10.1. The quantitative estimate of drug-likeness (QED) is 0.0479. The molecular formula is C44H86O4. The Morgan fingerprint density at radius 2 is 0.583 bits per heavy atom. The van der Waals surface area contributed by atoms with Gasteiger partial charge in [0, 0.05) is 12.8 Å². The molecule has 0 aromatic rings. The Morgan fingerprint density at radius 1 is 0.333 bits per heavy atom. The van der Waals surface area contributed by atoms with Crippen LogP contribution in [0.1, 0.15) is 246 Å². The van der Waals surface area contributed by atoms with E-state index in [-0.39, 0.29) is 11.9 Å². The highest BCUT2D eigenvalue weighted by atomic mass is 16.5. The Morgan fingerprint density at radius 3 is 0.875 bits per heavy atom. The molecule has 0 aromatic carbocycles. The summed E-state index contributed by atoms with van der Waals surface area (Å²) in [5.41, 5.74) is 0. The van der Waals surface area contributed by atoms with Crippen molar-refractivity contribution in [2.45, 2.75) is 246 Å². The molecular weight excluding hydrogens is 592 g/mol. The number of hydrogen-bond donors (Lipinski definition) is 0. The number of ether oxygens (including phenoxy) is 2. The van der Waals surface area contributed by atoms with Crippen molar-refractivity contribution in [3.05, 3.63) is 0 Å². The fourth-order valence-corrected chi connectivity index (χ4v) is 7.18. The molecule has 286 valence electrons. The van der Waals surface area contributed by atoms with Gasteiger partial charge < -0.3 is 9.47 Å². The molecule has 0 spiro atoms. The minimum Gasteiger partial charge on any atom is -0.466 e. The van der Waals surface area contributed by atoms with Gasteiger partial charge in [0.25, 0.3) is 0 Å². The van der Waals surface area contributed by atoms with Crippen LogP contribution < -0.4 is 0 Å². The molecule has 0 bridgehead atoms. The summed E-state index contributed by atoms with van der Waals surface area (Å²) in [5, 5.41) is 0. The summed E-state index contributed by atoms with van der Waals surface area (Å²) in [4.78, 5) is 23.9. The van der Waals surface area contributed by atoms with Gasteiger partial charge in [-0.1, -0.05) is 207 Å². The molecule has 0 amide bonds. The van der Waals surface area contributed by atoms with Crippen LogP contribution >= 0.6 is 0 Å². The van der Waals surface area contributed by atoms with E-state index in [0.717, 1.165) is 63.2 Å². The van der Waals surface area contributed by atoms with Crippen molar-refractivity contribution in [2.24, 2.45) is 11.8 Å². The lowest BCUT2D eigenvalue weighted by atomic mass is 9.78. The molecule has 0 aromatic heterocycles. The molecule has 0 N–H and O–H groups in total. The van der Waals surface area contributed by atoms with Gasteiger partial charge in [-0.2, -0.15) is 0 Å². The zero-order valence-electron chi connectivity index (χ0n) is 33.2. The fraction of sp³-hybridized carbons (Fsp3) is 0.955. The molecule has 0 aliphatic heterocycles. The second-order valence-electron chi connectivity index (χ2n) is 15.1. The van der Waals surface area contributed by atoms with E-state index in [1.165, 1.54) is 154 Å². The number of carbonyl (C=O) groups excluding carboxylic acids is 2. The van der Waals surface area contributed by atoms with E-state index in [9.17, 15) is 9.59 Å². The molecule has 4 nitrogen and oxygen atoms in total. The van der Waals surface area contributed by atoms with Crippen LogP contribution in [0.15, 0.2) is 0 Å². The van der Waals surface area contributed by atoms with E-state index >= 15 is 0 Å². The van der Waals surface area contributed by atoms with Crippen molar-refractivity contribution in [3.8, 4) is 0 Å². The molecule has 2 unspecified atom stereocenters. The SMILES string of the molecule is CCCCCCCCCC(CCCCCCCC(=O)OCCCC)C(CCCCCCCCC)CCCCCCCC(=O)OCCCC. The van der Waals surface area contributed by atoms with E-state index in [1.54, 1.807) is 0 Å². The maximum absolute atomic E-state index is 11.9. The van der Waals surface area contributed by atoms with E-state index < -0.39 is 0 Å². The van der Waals surface area contributed by atoms with Gasteiger partial charge in [-0.3, -0.25) is 9.59 Å². The summed E-state index contributed by atoms with van der Waals surface area (Å²) in [5.74, 6) is 1.76. The Hall–Kier alpha value is -1.06. The number of unbranched alkanes of at least 4 members (excludes halogenated alkanes) is 22. The van der Waals surface area contributed by atoms with Crippen molar-refractivity contribution in [3.63, 3.8) is 0 Å². The highest BCUT2D eigenvalue weighted by Crippen LogP contribution is 2.34. The first-order valence-corrected chi connectivity index (χ1v) is 21.9. The predicted octanol–water partition coefficient (Wildman–Crippen LogP) is 14.6. The first-order valence-electron chi connectivity index (χ1n) is 21.9. The molecule has 0 saturated heterocycles. The van der Waals surface area contributed by atoms with Crippen molar-refractivity contribution >= 4 is 11.9 Å². The largest absolute Gasteiger partial charge is 0.466 e. The number of esters is 2. The van der Waals surface area contributed by atoms with E-state index in [1.807, 2.05) is 0 Å². The van der Waals surface area contributed by atoms with Crippen molar-refractivity contribution < 1.29 is 19.1 Å². The van der Waals surface area contributed by atoms with Crippen molar-refractivity contribution in [2.75, 3.05) is 13.2 Å². The van der Waals surface area contributed by atoms with E-state index in [4.69, 9.17) is 9.47 Å². The van der Waals surface area contributed by atoms with Gasteiger partial charge >= 0.3 is 11.9 Å². The van der Waals surface area contributed by atoms with Gasteiger partial charge in [0.2, 0.25) is 0 Å². The normalized spacial score (nSPS) is 12.7. The van der Waals surface area contributed by atoms with Gasteiger partial charge in [0.15, 0.2) is 0 Å². The third-order valence-corrected chi connectivity index (χ3v) is 10.5. The monoisotopic (exact) mass is 679 g/mol. The predicted molar refractivity (Wildman–Crippen MR) is 209 cm³/mol. The molecule has 0 radical (unpaired) electrons. The Balaban J connectivity index is 4.83. The van der Waals surface area contributed by atoms with Gasteiger partial charge in [0.05, 0.1) is 13.2 Å². The highest BCUT2D eigenvalue weighted by Gasteiger charge is 2.21. The van der Waals surface area contributed by atoms with Crippen LogP contribution in [0, 0.1) is 11.8 Å². The zero-order valence-corrected chi connectivity index (χ0v) is 33.2. The average molecular weight is 679 g/mol. The third kappa shape index (κ3) is 33.4. The van der Waals surface area contributed by atoms with Crippen molar-refractivity contribution in [1.82, 2.24) is 0 Å². The Labute approximate surface area is 301 Å². The third-order valence-electron chi connectivity index (χ3n) is 10.5. The van der Waals surface area contributed by atoms with Crippen LogP contribution in [0.25, 0.3) is 0 Å². The summed E-state index contributed by atoms with van der Waals surface area (Å²) < 4.78 is 10.7. The molecule has 0 aliphatic rings. The van der Waals surface area contributed by atoms with E-state index in [0.29, 0.717) is 26.1 Å². The summed E-state index contributed by atoms with van der Waals surface area (Å²) in [6, 6.07) is 0. The van der Waals surface area contributed by atoms with Crippen LogP contribution in [0.4, 0.5) is 0 Å². The molecule has 0 aliphatic carbocycles.